The van der Waals surface area contributed by atoms with E-state index in [1.807, 2.05) is 35.2 Å². The third-order valence-electron chi connectivity index (χ3n) is 8.91. The highest BCUT2D eigenvalue weighted by Crippen LogP contribution is 2.32. The number of nitrogens with zero attached hydrogens (tertiary/aromatic N) is 4. The number of fused-ring (bicyclic) bond motifs is 1. The van der Waals surface area contributed by atoms with Gasteiger partial charge in [-0.1, -0.05) is 18.2 Å². The molecule has 8 heteroatoms. The molecule has 4 heterocycles. The fourth-order valence-electron chi connectivity index (χ4n) is 6.65. The van der Waals surface area contributed by atoms with Gasteiger partial charge in [0.25, 0.3) is 0 Å². The molecule has 0 N–H and O–H groups in total. The number of rotatable bonds is 8. The van der Waals surface area contributed by atoms with Crippen LogP contribution in [0.5, 0.6) is 5.75 Å². The van der Waals surface area contributed by atoms with Crippen LogP contribution in [0.25, 0.3) is 0 Å². The first kappa shape index (κ1) is 28.2. The van der Waals surface area contributed by atoms with Crippen LogP contribution in [-0.4, -0.2) is 65.0 Å². The lowest BCUT2D eigenvalue weighted by atomic mass is 9.86. The number of methoxy groups -OCH3 is 1. The van der Waals surface area contributed by atoms with E-state index in [1.165, 1.54) is 13.2 Å². The molecule has 6 rings (SSSR count). The summed E-state index contributed by atoms with van der Waals surface area (Å²) in [5.74, 6) is 0.385. The Morgan fingerprint density at radius 2 is 1.83 bits per heavy atom. The Balaban J connectivity index is 1.20. The summed E-state index contributed by atoms with van der Waals surface area (Å²) >= 11 is 0. The number of Topliss-reactive ketones (excluding diaryl/α,β-unsaturated/α-hetero) is 1. The van der Waals surface area contributed by atoms with E-state index in [4.69, 9.17) is 9.73 Å². The number of likely N-dealkylation sites (tertiary alicyclic amines) is 2. The van der Waals surface area contributed by atoms with Crippen molar-refractivity contribution in [2.75, 3.05) is 26.7 Å². The highest BCUT2D eigenvalue weighted by Gasteiger charge is 2.37. The molecule has 1 aromatic heterocycles. The van der Waals surface area contributed by atoms with Crippen molar-refractivity contribution in [3.63, 3.8) is 0 Å². The average molecular weight is 569 g/mol. The van der Waals surface area contributed by atoms with Gasteiger partial charge in [-0.25, -0.2) is 4.39 Å². The van der Waals surface area contributed by atoms with E-state index in [9.17, 15) is 14.0 Å². The molecule has 7 nitrogen and oxygen atoms in total. The fourth-order valence-corrected chi connectivity index (χ4v) is 6.65. The van der Waals surface area contributed by atoms with Gasteiger partial charge in [-0.15, -0.1) is 0 Å². The number of piperidine rings is 2. The van der Waals surface area contributed by atoms with Crippen LogP contribution < -0.4 is 4.74 Å². The van der Waals surface area contributed by atoms with Gasteiger partial charge in [0, 0.05) is 67.2 Å². The molecule has 2 fully saturated rings. The zero-order valence-corrected chi connectivity index (χ0v) is 24.1. The highest BCUT2D eigenvalue weighted by atomic mass is 19.1. The largest absolute Gasteiger partial charge is 0.496 e. The normalized spacial score (nSPS) is 20.6. The van der Waals surface area contributed by atoms with Crippen LogP contribution in [-0.2, 0) is 17.9 Å². The van der Waals surface area contributed by atoms with Gasteiger partial charge in [0.15, 0.2) is 5.78 Å². The number of hydrogen-bond donors (Lipinski definition) is 0. The number of aromatic nitrogens is 1. The first-order chi connectivity index (χ1) is 20.5. The molecule has 0 aliphatic carbocycles. The number of amides is 1. The van der Waals surface area contributed by atoms with Crippen molar-refractivity contribution >= 4 is 17.4 Å². The van der Waals surface area contributed by atoms with Crippen molar-refractivity contribution in [1.29, 1.82) is 0 Å². The first-order valence-electron chi connectivity index (χ1n) is 15.0. The minimum atomic E-state index is -0.346. The second kappa shape index (κ2) is 12.5. The number of pyridine rings is 1. The average Bonchev–Trinajstić information content (AvgIpc) is 3.46. The summed E-state index contributed by atoms with van der Waals surface area (Å²) in [6, 6.07) is 14.2. The maximum atomic E-state index is 15.0. The minimum absolute atomic E-state index is 0.0577. The summed E-state index contributed by atoms with van der Waals surface area (Å²) in [6.07, 6.45) is 8.47. The molecule has 0 spiro atoms. The second-order valence-electron chi connectivity index (χ2n) is 11.6. The molecule has 2 saturated heterocycles. The van der Waals surface area contributed by atoms with Crippen LogP contribution in [0.1, 0.15) is 71.1 Å². The topological polar surface area (TPSA) is 75.1 Å². The van der Waals surface area contributed by atoms with Crippen LogP contribution in [0.15, 0.2) is 65.9 Å². The number of carbonyl (C=O) groups is 2. The lowest BCUT2D eigenvalue weighted by Crippen LogP contribution is -2.53. The van der Waals surface area contributed by atoms with Gasteiger partial charge < -0.3 is 9.64 Å². The van der Waals surface area contributed by atoms with E-state index in [-0.39, 0.29) is 36.0 Å². The summed E-state index contributed by atoms with van der Waals surface area (Å²) < 4.78 is 20.5. The summed E-state index contributed by atoms with van der Waals surface area (Å²) in [5, 5.41) is 0. The van der Waals surface area contributed by atoms with Gasteiger partial charge in [0.2, 0.25) is 5.91 Å². The summed E-state index contributed by atoms with van der Waals surface area (Å²) in [7, 11) is 1.54. The van der Waals surface area contributed by atoms with Crippen LogP contribution in [0.4, 0.5) is 4.39 Å². The molecule has 0 radical (unpaired) electrons. The Morgan fingerprint density at radius 1 is 1.02 bits per heavy atom. The van der Waals surface area contributed by atoms with Crippen LogP contribution in [0.3, 0.4) is 0 Å². The molecule has 42 heavy (non-hydrogen) atoms. The maximum absolute atomic E-state index is 15.0. The van der Waals surface area contributed by atoms with Crippen molar-refractivity contribution in [3.05, 3.63) is 94.6 Å². The third kappa shape index (κ3) is 5.86. The van der Waals surface area contributed by atoms with E-state index in [2.05, 4.69) is 9.88 Å². The summed E-state index contributed by atoms with van der Waals surface area (Å²) in [6.45, 7) is 2.96. The Morgan fingerprint density at radius 3 is 2.62 bits per heavy atom. The molecule has 0 saturated carbocycles. The predicted octanol–water partition coefficient (Wildman–Crippen LogP) is 5.45. The van der Waals surface area contributed by atoms with Crippen LogP contribution >= 0.6 is 0 Å². The molecule has 2 atom stereocenters. The smallest absolute Gasteiger partial charge is 0.239 e. The second-order valence-corrected chi connectivity index (χ2v) is 11.6. The van der Waals surface area contributed by atoms with Gasteiger partial charge in [-0.05, 0) is 73.9 Å². The number of halogens is 1. The molecule has 218 valence electrons. The molecule has 2 aromatic carbocycles. The zero-order valence-electron chi connectivity index (χ0n) is 24.1. The molecular formula is C34H37FN4O3. The zero-order chi connectivity index (χ0) is 29.1. The lowest BCUT2D eigenvalue weighted by Gasteiger charge is -2.41. The van der Waals surface area contributed by atoms with E-state index in [1.54, 1.807) is 24.5 Å². The number of aliphatic imine (C=N–C) groups is 1. The monoisotopic (exact) mass is 568 g/mol. The van der Waals surface area contributed by atoms with Crippen molar-refractivity contribution in [3.8, 4) is 5.75 Å². The number of ketones is 1. The molecule has 3 aromatic rings. The quantitative estimate of drug-likeness (QED) is 0.338. The SMILES string of the molecule is COc1cccc(F)c1CN1C[C@H](CC(=O)c2ccc3c(c2)C(c2ccncc2)=NC3)CC[C@H]1C(=O)N1CCCCC1. The summed E-state index contributed by atoms with van der Waals surface area (Å²) in [5.41, 5.74) is 5.11. The van der Waals surface area contributed by atoms with Crippen molar-refractivity contribution < 1.29 is 18.7 Å². The number of carbonyl (C=O) groups excluding carboxylic acids is 2. The summed E-state index contributed by atoms with van der Waals surface area (Å²) in [4.78, 5) is 40.2. The van der Waals surface area contributed by atoms with E-state index >= 15 is 0 Å². The maximum Gasteiger partial charge on any atom is 0.239 e. The Hall–Kier alpha value is -3.91. The molecular weight excluding hydrogens is 531 g/mol. The van der Waals surface area contributed by atoms with Gasteiger partial charge in [0.1, 0.15) is 11.6 Å². The van der Waals surface area contributed by atoms with Gasteiger partial charge in [0.05, 0.1) is 25.4 Å². The number of hydrogen-bond acceptors (Lipinski definition) is 6. The molecule has 0 bridgehead atoms. The van der Waals surface area contributed by atoms with E-state index < -0.39 is 0 Å². The molecule has 1 amide bonds. The predicted molar refractivity (Wildman–Crippen MR) is 159 cm³/mol. The highest BCUT2D eigenvalue weighted by molar-refractivity contribution is 6.16. The Kier molecular flexibility index (Phi) is 8.42. The van der Waals surface area contributed by atoms with Gasteiger partial charge in [-0.2, -0.15) is 0 Å². The number of benzene rings is 2. The number of ether oxygens (including phenoxy) is 1. The Labute approximate surface area is 246 Å². The minimum Gasteiger partial charge on any atom is -0.496 e. The van der Waals surface area contributed by atoms with E-state index in [0.717, 1.165) is 61.2 Å². The van der Waals surface area contributed by atoms with Gasteiger partial charge in [-0.3, -0.25) is 24.5 Å². The first-order valence-corrected chi connectivity index (χ1v) is 15.0. The fraction of sp³-hybridized carbons (Fsp3) is 0.412. The van der Waals surface area contributed by atoms with E-state index in [0.29, 0.717) is 42.8 Å². The molecule has 3 aliphatic rings. The van der Waals surface area contributed by atoms with Crippen LogP contribution in [0, 0.1) is 11.7 Å². The van der Waals surface area contributed by atoms with Crippen molar-refractivity contribution in [2.24, 2.45) is 10.9 Å². The third-order valence-corrected chi connectivity index (χ3v) is 8.91. The lowest BCUT2D eigenvalue weighted by molar-refractivity contribution is -0.140. The molecule has 3 aliphatic heterocycles. The van der Waals surface area contributed by atoms with Gasteiger partial charge >= 0.3 is 0 Å². The van der Waals surface area contributed by atoms with Crippen LogP contribution in [0.2, 0.25) is 0 Å². The molecule has 0 unspecified atom stereocenters. The Bertz CT molecular complexity index is 1490. The standard InChI is InChI=1S/C34H37FN4O3/c1-42-32-7-5-6-29(35)28(32)22-39-21-23(8-11-30(39)34(41)38-16-3-2-4-17-38)18-31(40)25-9-10-26-20-37-33(27(26)19-25)24-12-14-36-15-13-24/h5-7,9-10,12-15,19,23,30H,2-4,8,11,16-18,20-22H2,1H3/t23-,30-/m0/s1. The van der Waals surface area contributed by atoms with Crippen molar-refractivity contribution in [2.45, 2.75) is 57.7 Å². The van der Waals surface area contributed by atoms with Crippen molar-refractivity contribution in [1.82, 2.24) is 14.8 Å².